The first-order valence-electron chi connectivity index (χ1n) is 6.55. The molecule has 8 heteroatoms. The van der Waals surface area contributed by atoms with Gasteiger partial charge < -0.3 is 9.84 Å². The Labute approximate surface area is 151 Å². The highest BCUT2D eigenvalue weighted by atomic mass is 127. The topological polar surface area (TPSA) is 85.0 Å². The van der Waals surface area contributed by atoms with Crippen molar-refractivity contribution in [3.8, 4) is 11.5 Å². The standard InChI is InChI=1S/C15H12ClIN2O4/c1-2-23-14-7-11(19(21)22)5-9(15(14)20)8-18-13-4-3-10(17)6-12(13)16/h3-8,20H,2H2,1H3. The first kappa shape index (κ1) is 17.5. The lowest BCUT2D eigenvalue weighted by atomic mass is 10.1. The number of hydrogen-bond donors (Lipinski definition) is 1. The van der Waals surface area contributed by atoms with Gasteiger partial charge in [0.05, 0.1) is 28.3 Å². The van der Waals surface area contributed by atoms with E-state index in [0.29, 0.717) is 10.7 Å². The summed E-state index contributed by atoms with van der Waals surface area (Å²) in [6.07, 6.45) is 1.32. The number of aromatic hydroxyl groups is 1. The summed E-state index contributed by atoms with van der Waals surface area (Å²) in [6, 6.07) is 7.69. The molecule has 0 heterocycles. The zero-order valence-electron chi connectivity index (χ0n) is 12.0. The van der Waals surface area contributed by atoms with Gasteiger partial charge in [-0.1, -0.05) is 11.6 Å². The number of ether oxygens (including phenoxy) is 1. The number of hydrogen-bond acceptors (Lipinski definition) is 5. The minimum atomic E-state index is -0.558. The van der Waals surface area contributed by atoms with Gasteiger partial charge in [0.15, 0.2) is 11.5 Å². The molecule has 6 nitrogen and oxygen atoms in total. The molecule has 2 aromatic rings. The number of non-ortho nitro benzene ring substituents is 1. The molecule has 0 atom stereocenters. The van der Waals surface area contributed by atoms with Crippen LogP contribution < -0.4 is 4.74 Å². The Hall–Kier alpha value is -1.87. The highest BCUT2D eigenvalue weighted by Crippen LogP contribution is 2.34. The van der Waals surface area contributed by atoms with Crippen LogP contribution in [-0.2, 0) is 0 Å². The Morgan fingerprint density at radius 2 is 2.17 bits per heavy atom. The molecule has 0 aromatic heterocycles. The lowest BCUT2D eigenvalue weighted by Gasteiger charge is -2.08. The molecule has 2 aromatic carbocycles. The molecule has 0 saturated carbocycles. The molecule has 0 aliphatic rings. The second-order valence-corrected chi connectivity index (χ2v) is 6.08. The maximum atomic E-state index is 11.0. The predicted octanol–water partition coefficient (Wildman–Crippen LogP) is 4.71. The van der Waals surface area contributed by atoms with E-state index in [-0.39, 0.29) is 29.4 Å². The molecule has 0 aliphatic heterocycles. The van der Waals surface area contributed by atoms with Crippen molar-refractivity contribution >= 4 is 51.8 Å². The summed E-state index contributed by atoms with van der Waals surface area (Å²) in [5.74, 6) is -0.167. The molecule has 0 unspecified atom stereocenters. The van der Waals surface area contributed by atoms with Gasteiger partial charge in [0.25, 0.3) is 5.69 Å². The number of aliphatic imine (C=N–C) groups is 1. The van der Waals surface area contributed by atoms with E-state index in [4.69, 9.17) is 16.3 Å². The summed E-state index contributed by atoms with van der Waals surface area (Å²) in [5, 5.41) is 21.6. The Kier molecular flexibility index (Phi) is 5.78. The highest BCUT2D eigenvalue weighted by molar-refractivity contribution is 14.1. The number of nitro groups is 1. The SMILES string of the molecule is CCOc1cc([N+](=O)[O-])cc(C=Nc2ccc(I)cc2Cl)c1O. The van der Waals surface area contributed by atoms with Crippen molar-refractivity contribution in [2.45, 2.75) is 6.92 Å². The van der Waals surface area contributed by atoms with Crippen LogP contribution in [0.4, 0.5) is 11.4 Å². The monoisotopic (exact) mass is 446 g/mol. The summed E-state index contributed by atoms with van der Waals surface area (Å²) in [5.41, 5.74) is 0.481. The Morgan fingerprint density at radius 1 is 1.43 bits per heavy atom. The van der Waals surface area contributed by atoms with Gasteiger partial charge in [0.1, 0.15) is 0 Å². The third-order valence-corrected chi connectivity index (χ3v) is 3.83. The smallest absolute Gasteiger partial charge is 0.274 e. The molecule has 120 valence electrons. The molecule has 0 radical (unpaired) electrons. The zero-order chi connectivity index (χ0) is 17.0. The van der Waals surface area contributed by atoms with Crippen LogP contribution in [-0.4, -0.2) is 22.9 Å². The second-order valence-electron chi connectivity index (χ2n) is 4.43. The van der Waals surface area contributed by atoms with Crippen molar-refractivity contribution in [3.63, 3.8) is 0 Å². The Balaban J connectivity index is 2.45. The van der Waals surface area contributed by atoms with E-state index in [1.54, 1.807) is 19.1 Å². The Morgan fingerprint density at radius 3 is 2.78 bits per heavy atom. The van der Waals surface area contributed by atoms with E-state index in [2.05, 4.69) is 27.6 Å². The van der Waals surface area contributed by atoms with E-state index >= 15 is 0 Å². The number of rotatable bonds is 5. The van der Waals surface area contributed by atoms with Crippen molar-refractivity contribution < 1.29 is 14.8 Å². The first-order chi connectivity index (χ1) is 10.9. The number of phenolic OH excluding ortho intramolecular Hbond substituents is 1. The lowest BCUT2D eigenvalue weighted by molar-refractivity contribution is -0.385. The van der Waals surface area contributed by atoms with Crippen molar-refractivity contribution in [2.75, 3.05) is 6.61 Å². The lowest BCUT2D eigenvalue weighted by Crippen LogP contribution is -1.97. The summed E-state index contributed by atoms with van der Waals surface area (Å²) < 4.78 is 6.18. The van der Waals surface area contributed by atoms with Gasteiger partial charge in [-0.15, -0.1) is 0 Å². The molecular weight excluding hydrogens is 435 g/mol. The van der Waals surface area contributed by atoms with Crippen LogP contribution >= 0.6 is 34.2 Å². The van der Waals surface area contributed by atoms with E-state index in [9.17, 15) is 15.2 Å². The molecule has 0 spiro atoms. The molecule has 1 N–H and O–H groups in total. The zero-order valence-corrected chi connectivity index (χ0v) is 14.9. The fraction of sp³-hybridized carbons (Fsp3) is 0.133. The largest absolute Gasteiger partial charge is 0.504 e. The third-order valence-electron chi connectivity index (χ3n) is 2.85. The van der Waals surface area contributed by atoms with E-state index in [0.717, 1.165) is 3.57 Å². The van der Waals surface area contributed by atoms with Gasteiger partial charge in [0, 0.05) is 21.4 Å². The van der Waals surface area contributed by atoms with Gasteiger partial charge in [-0.3, -0.25) is 15.1 Å². The summed E-state index contributed by atoms with van der Waals surface area (Å²) in [6.45, 7) is 1.99. The van der Waals surface area contributed by atoms with Crippen LogP contribution in [0.1, 0.15) is 12.5 Å². The highest BCUT2D eigenvalue weighted by Gasteiger charge is 2.16. The van der Waals surface area contributed by atoms with Crippen molar-refractivity contribution in [1.82, 2.24) is 0 Å². The van der Waals surface area contributed by atoms with Crippen molar-refractivity contribution in [1.29, 1.82) is 0 Å². The van der Waals surface area contributed by atoms with E-state index < -0.39 is 4.92 Å². The number of nitro benzene ring substituents is 1. The molecule has 2 rings (SSSR count). The number of benzene rings is 2. The summed E-state index contributed by atoms with van der Waals surface area (Å²) in [7, 11) is 0. The first-order valence-corrected chi connectivity index (χ1v) is 8.01. The minimum Gasteiger partial charge on any atom is -0.504 e. The second kappa shape index (κ2) is 7.60. The van der Waals surface area contributed by atoms with Crippen LogP contribution in [0, 0.1) is 13.7 Å². The van der Waals surface area contributed by atoms with Crippen LogP contribution in [0.15, 0.2) is 35.3 Å². The fourth-order valence-electron chi connectivity index (χ4n) is 1.81. The average molecular weight is 447 g/mol. The van der Waals surface area contributed by atoms with Crippen LogP contribution in [0.25, 0.3) is 0 Å². The number of halogens is 2. The average Bonchev–Trinajstić information content (AvgIpc) is 2.49. The molecule has 0 bridgehead atoms. The Bertz CT molecular complexity index is 780. The normalized spacial score (nSPS) is 10.9. The summed E-state index contributed by atoms with van der Waals surface area (Å²) >= 11 is 8.21. The third kappa shape index (κ3) is 4.32. The maximum Gasteiger partial charge on any atom is 0.274 e. The van der Waals surface area contributed by atoms with Gasteiger partial charge >= 0.3 is 0 Å². The molecule has 0 fully saturated rings. The van der Waals surface area contributed by atoms with Crippen LogP contribution in [0.3, 0.4) is 0 Å². The quantitative estimate of drug-likeness (QED) is 0.312. The maximum absolute atomic E-state index is 11.0. The summed E-state index contributed by atoms with van der Waals surface area (Å²) in [4.78, 5) is 14.6. The van der Waals surface area contributed by atoms with E-state index in [1.165, 1.54) is 18.3 Å². The fourth-order valence-corrected chi connectivity index (χ4v) is 2.71. The molecular formula is C15H12ClIN2O4. The molecule has 0 aliphatic carbocycles. The molecule has 0 saturated heterocycles. The number of phenols is 1. The van der Waals surface area contributed by atoms with Crippen molar-refractivity contribution in [2.24, 2.45) is 4.99 Å². The van der Waals surface area contributed by atoms with E-state index in [1.807, 2.05) is 6.07 Å². The molecule has 23 heavy (non-hydrogen) atoms. The van der Waals surface area contributed by atoms with Gasteiger partial charge in [-0.2, -0.15) is 0 Å². The van der Waals surface area contributed by atoms with Gasteiger partial charge in [-0.05, 0) is 47.7 Å². The molecule has 0 amide bonds. The van der Waals surface area contributed by atoms with Crippen molar-refractivity contribution in [3.05, 3.63) is 54.6 Å². The minimum absolute atomic E-state index is 0.0388. The predicted molar refractivity (Wildman–Crippen MR) is 97.4 cm³/mol. The van der Waals surface area contributed by atoms with Gasteiger partial charge in [0.2, 0.25) is 0 Å². The van der Waals surface area contributed by atoms with Crippen LogP contribution in [0.2, 0.25) is 5.02 Å². The van der Waals surface area contributed by atoms with Crippen LogP contribution in [0.5, 0.6) is 11.5 Å². The van der Waals surface area contributed by atoms with Gasteiger partial charge in [-0.25, -0.2) is 0 Å². The number of nitrogens with zero attached hydrogens (tertiary/aromatic N) is 2.